The molecule has 1 heterocycles. The topological polar surface area (TPSA) is 41.6 Å². The van der Waals surface area contributed by atoms with Crippen molar-refractivity contribution >= 4 is 17.7 Å². The molecule has 16 heavy (non-hydrogen) atoms. The minimum Gasteiger partial charge on any atom is -0.378 e. The Kier molecular flexibility index (Phi) is 6.16. The Hall–Kier alpha value is -0.260. The monoisotopic (exact) mass is 246 g/mol. The van der Waals surface area contributed by atoms with Gasteiger partial charge in [-0.05, 0) is 12.7 Å². The highest BCUT2D eigenvalue weighted by Crippen LogP contribution is 2.10. The van der Waals surface area contributed by atoms with Crippen LogP contribution in [0, 0.1) is 0 Å². The number of rotatable bonds is 5. The molecule has 1 amide bonds. The Morgan fingerprint density at radius 1 is 1.69 bits per heavy atom. The average Bonchev–Trinajstić information content (AvgIpc) is 2.35. The molecule has 1 fully saturated rings. The second-order valence-corrected chi connectivity index (χ2v) is 4.96. The quantitative estimate of drug-likeness (QED) is 0.770. The lowest BCUT2D eigenvalue weighted by Crippen LogP contribution is -2.54. The molecule has 1 N–H and O–H groups in total. The van der Waals surface area contributed by atoms with Crippen LogP contribution in [-0.2, 0) is 9.53 Å². The number of thioether (sulfide) groups is 1. The first-order chi connectivity index (χ1) is 7.70. The molecule has 94 valence electrons. The standard InChI is InChI=1S/C11H22N2O2S/c1-4-9(8-16-3)13(2)11(14)10-7-15-6-5-12-10/h9-10,12H,4-8H2,1-3H3. The predicted molar refractivity (Wildman–Crippen MR) is 67.8 cm³/mol. The van der Waals surface area contributed by atoms with Crippen LogP contribution in [0.5, 0.6) is 0 Å². The maximum atomic E-state index is 12.1. The fraction of sp³-hybridized carbons (Fsp3) is 0.909. The van der Waals surface area contributed by atoms with Gasteiger partial charge in [0.15, 0.2) is 0 Å². The summed E-state index contributed by atoms with van der Waals surface area (Å²) >= 11 is 1.78. The molecule has 0 aromatic carbocycles. The van der Waals surface area contributed by atoms with E-state index in [1.54, 1.807) is 11.8 Å². The minimum absolute atomic E-state index is 0.153. The first-order valence-corrected chi connectivity index (χ1v) is 7.16. The molecule has 2 unspecified atom stereocenters. The van der Waals surface area contributed by atoms with Crippen LogP contribution >= 0.6 is 11.8 Å². The van der Waals surface area contributed by atoms with Gasteiger partial charge in [0.1, 0.15) is 6.04 Å². The largest absolute Gasteiger partial charge is 0.378 e. The van der Waals surface area contributed by atoms with Gasteiger partial charge in [0.05, 0.1) is 13.2 Å². The van der Waals surface area contributed by atoms with E-state index in [-0.39, 0.29) is 11.9 Å². The summed E-state index contributed by atoms with van der Waals surface area (Å²) in [5.74, 6) is 1.15. The van der Waals surface area contributed by atoms with Gasteiger partial charge >= 0.3 is 0 Å². The molecule has 0 saturated carbocycles. The molecule has 0 spiro atoms. The van der Waals surface area contributed by atoms with E-state index in [1.165, 1.54) is 0 Å². The van der Waals surface area contributed by atoms with E-state index in [0.717, 1.165) is 18.7 Å². The number of carbonyl (C=O) groups is 1. The summed E-state index contributed by atoms with van der Waals surface area (Å²) in [6.45, 7) is 4.09. The summed E-state index contributed by atoms with van der Waals surface area (Å²) in [4.78, 5) is 14.0. The second kappa shape index (κ2) is 7.14. The van der Waals surface area contributed by atoms with Gasteiger partial charge in [0.25, 0.3) is 0 Å². The molecule has 0 aromatic heterocycles. The van der Waals surface area contributed by atoms with E-state index in [4.69, 9.17) is 4.74 Å². The van der Waals surface area contributed by atoms with Crippen molar-refractivity contribution in [3.63, 3.8) is 0 Å². The van der Waals surface area contributed by atoms with Gasteiger partial charge in [-0.1, -0.05) is 6.92 Å². The molecule has 5 heteroatoms. The van der Waals surface area contributed by atoms with Gasteiger partial charge in [-0.2, -0.15) is 11.8 Å². The number of nitrogens with zero attached hydrogens (tertiary/aromatic N) is 1. The summed E-state index contributed by atoms with van der Waals surface area (Å²) in [5, 5.41) is 3.20. The van der Waals surface area contributed by atoms with Crippen molar-refractivity contribution in [3.05, 3.63) is 0 Å². The van der Waals surface area contributed by atoms with Gasteiger partial charge in [-0.15, -0.1) is 0 Å². The zero-order chi connectivity index (χ0) is 12.0. The fourth-order valence-electron chi connectivity index (χ4n) is 1.85. The van der Waals surface area contributed by atoms with Crippen LogP contribution in [-0.4, -0.2) is 61.7 Å². The van der Waals surface area contributed by atoms with Gasteiger partial charge < -0.3 is 15.0 Å². The number of ether oxygens (including phenoxy) is 1. The lowest BCUT2D eigenvalue weighted by Gasteiger charge is -2.32. The number of nitrogens with one attached hydrogen (secondary N) is 1. The highest BCUT2D eigenvalue weighted by molar-refractivity contribution is 7.98. The maximum Gasteiger partial charge on any atom is 0.242 e. The van der Waals surface area contributed by atoms with E-state index in [2.05, 4.69) is 18.5 Å². The van der Waals surface area contributed by atoms with Crippen LogP contribution in [0.1, 0.15) is 13.3 Å². The maximum absolute atomic E-state index is 12.1. The van der Waals surface area contributed by atoms with Crippen LogP contribution in [0.3, 0.4) is 0 Å². The molecule has 1 rings (SSSR count). The molecule has 0 radical (unpaired) electrons. The predicted octanol–water partition coefficient (Wildman–Crippen LogP) is 0.575. The molecule has 0 aromatic rings. The summed E-state index contributed by atoms with van der Waals surface area (Å²) in [6, 6.07) is 0.167. The third-order valence-electron chi connectivity index (χ3n) is 2.95. The van der Waals surface area contributed by atoms with Crippen molar-refractivity contribution in [1.82, 2.24) is 10.2 Å². The Morgan fingerprint density at radius 2 is 2.44 bits per heavy atom. The highest BCUT2D eigenvalue weighted by Gasteiger charge is 2.27. The molecule has 2 atom stereocenters. The number of carbonyl (C=O) groups excluding carboxylic acids is 1. The summed E-state index contributed by atoms with van der Waals surface area (Å²) in [6.07, 6.45) is 3.07. The Balaban J connectivity index is 2.49. The van der Waals surface area contributed by atoms with E-state index in [9.17, 15) is 4.79 Å². The summed E-state index contributed by atoms with van der Waals surface area (Å²) in [5.41, 5.74) is 0. The van der Waals surface area contributed by atoms with E-state index in [1.807, 2.05) is 11.9 Å². The lowest BCUT2D eigenvalue weighted by molar-refractivity contribution is -0.136. The van der Waals surface area contributed by atoms with Crippen molar-refractivity contribution in [2.24, 2.45) is 0 Å². The van der Waals surface area contributed by atoms with Crippen LogP contribution in [0.4, 0.5) is 0 Å². The average molecular weight is 246 g/mol. The van der Waals surface area contributed by atoms with Gasteiger partial charge in [-0.25, -0.2) is 0 Å². The van der Waals surface area contributed by atoms with Gasteiger partial charge in [-0.3, -0.25) is 4.79 Å². The molecule has 1 saturated heterocycles. The SMILES string of the molecule is CCC(CSC)N(C)C(=O)C1COCCN1. The van der Waals surface area contributed by atoms with Crippen molar-refractivity contribution in [3.8, 4) is 0 Å². The molecule has 1 aliphatic heterocycles. The molecular formula is C11H22N2O2S. The van der Waals surface area contributed by atoms with E-state index >= 15 is 0 Å². The van der Waals surface area contributed by atoms with Crippen molar-refractivity contribution in [2.45, 2.75) is 25.4 Å². The highest BCUT2D eigenvalue weighted by atomic mass is 32.2. The van der Waals surface area contributed by atoms with E-state index in [0.29, 0.717) is 19.3 Å². The zero-order valence-electron chi connectivity index (χ0n) is 10.4. The normalized spacial score (nSPS) is 22.8. The third kappa shape index (κ3) is 3.64. The van der Waals surface area contributed by atoms with Crippen molar-refractivity contribution in [2.75, 3.05) is 38.8 Å². The number of hydrogen-bond acceptors (Lipinski definition) is 4. The first-order valence-electron chi connectivity index (χ1n) is 5.77. The van der Waals surface area contributed by atoms with Crippen LogP contribution in [0.25, 0.3) is 0 Å². The zero-order valence-corrected chi connectivity index (χ0v) is 11.2. The molecule has 4 nitrogen and oxygen atoms in total. The second-order valence-electron chi connectivity index (χ2n) is 4.05. The molecular weight excluding hydrogens is 224 g/mol. The smallest absolute Gasteiger partial charge is 0.242 e. The van der Waals surface area contributed by atoms with Gasteiger partial charge in [0, 0.05) is 25.4 Å². The Bertz CT molecular complexity index is 220. The van der Waals surface area contributed by atoms with Crippen LogP contribution in [0.2, 0.25) is 0 Å². The van der Waals surface area contributed by atoms with Crippen molar-refractivity contribution in [1.29, 1.82) is 0 Å². The summed E-state index contributed by atoms with van der Waals surface area (Å²) < 4.78 is 5.31. The fourth-order valence-corrected chi connectivity index (χ4v) is 2.69. The van der Waals surface area contributed by atoms with E-state index < -0.39 is 0 Å². The number of amides is 1. The van der Waals surface area contributed by atoms with Crippen molar-refractivity contribution < 1.29 is 9.53 Å². The minimum atomic E-state index is -0.158. The first kappa shape index (κ1) is 13.8. The Morgan fingerprint density at radius 3 is 2.94 bits per heavy atom. The molecule has 1 aliphatic rings. The van der Waals surface area contributed by atoms with Crippen LogP contribution in [0.15, 0.2) is 0 Å². The number of likely N-dealkylation sites (N-methyl/N-ethyl adjacent to an activating group) is 1. The number of morpholine rings is 1. The molecule has 0 bridgehead atoms. The summed E-state index contributed by atoms with van der Waals surface area (Å²) in [7, 11) is 1.89. The van der Waals surface area contributed by atoms with Gasteiger partial charge in [0.2, 0.25) is 5.91 Å². The third-order valence-corrected chi connectivity index (χ3v) is 3.66. The number of hydrogen-bond donors (Lipinski definition) is 1. The lowest BCUT2D eigenvalue weighted by atomic mass is 10.2. The Labute approximate surface area is 102 Å². The van der Waals surface area contributed by atoms with Crippen LogP contribution < -0.4 is 5.32 Å². The molecule has 0 aliphatic carbocycles.